The van der Waals surface area contributed by atoms with Gasteiger partial charge >= 0.3 is 0 Å². The van der Waals surface area contributed by atoms with E-state index in [1.807, 2.05) is 23.1 Å². The lowest BCUT2D eigenvalue weighted by Gasteiger charge is -2.20. The quantitative estimate of drug-likeness (QED) is 0.134. The molecular weight excluding hydrogens is 603 g/mol. The molecule has 5 heteroatoms. The zero-order valence-electron chi connectivity index (χ0n) is 21.2. The van der Waals surface area contributed by atoms with Crippen LogP contribution in [0.5, 0.6) is 0 Å². The predicted molar refractivity (Wildman–Crippen MR) is 159 cm³/mol. The van der Waals surface area contributed by atoms with Crippen LogP contribution in [0.4, 0.5) is 5.69 Å². The monoisotopic (exact) mass is 632 g/mol. The Hall–Kier alpha value is -2.61. The molecule has 4 aromatic carbocycles. The van der Waals surface area contributed by atoms with Gasteiger partial charge in [-0.25, -0.2) is 0 Å². The molecular formula is C32H29IN2S2. The summed E-state index contributed by atoms with van der Waals surface area (Å²) in [5.41, 5.74) is 3.93. The fraction of sp³-hybridized carbons (Fsp3) is 0.156. The van der Waals surface area contributed by atoms with E-state index in [2.05, 4.69) is 127 Å². The molecule has 0 radical (unpaired) electrons. The van der Waals surface area contributed by atoms with Crippen molar-refractivity contribution in [1.29, 1.82) is 0 Å². The number of nitrogens with zero attached hydrogens (tertiary/aromatic N) is 2. The second-order valence-electron chi connectivity index (χ2n) is 9.05. The van der Waals surface area contributed by atoms with Crippen LogP contribution in [0.1, 0.15) is 25.8 Å². The summed E-state index contributed by atoms with van der Waals surface area (Å²) in [5.74, 6) is 0. The Morgan fingerprint density at radius 3 is 2.35 bits per heavy atom. The minimum absolute atomic E-state index is 0. The number of benzene rings is 4. The number of thiazole rings is 1. The van der Waals surface area contributed by atoms with Crippen LogP contribution in [-0.4, -0.2) is 6.54 Å². The normalized spacial score (nSPS) is 14.8. The average molecular weight is 633 g/mol. The van der Waals surface area contributed by atoms with Crippen molar-refractivity contribution in [3.63, 3.8) is 0 Å². The van der Waals surface area contributed by atoms with Gasteiger partial charge in [-0.1, -0.05) is 89.8 Å². The molecule has 0 saturated heterocycles. The Kier molecular flexibility index (Phi) is 7.75. The molecule has 0 atom stereocenters. The maximum atomic E-state index is 2.45. The molecule has 0 unspecified atom stereocenters. The smallest absolute Gasteiger partial charge is 0.262 e. The Bertz CT molecular complexity index is 1710. The van der Waals surface area contributed by atoms with Gasteiger partial charge in [-0.05, 0) is 61.4 Å². The Balaban J connectivity index is 0.00000280. The Morgan fingerprint density at radius 2 is 1.59 bits per heavy atom. The highest BCUT2D eigenvalue weighted by molar-refractivity contribution is 8.03. The summed E-state index contributed by atoms with van der Waals surface area (Å²) in [5, 5.41) is 7.83. The van der Waals surface area contributed by atoms with E-state index in [0.29, 0.717) is 0 Å². The molecule has 0 spiro atoms. The molecule has 0 saturated carbocycles. The summed E-state index contributed by atoms with van der Waals surface area (Å²) in [4.78, 5) is 3.79. The van der Waals surface area contributed by atoms with Crippen LogP contribution in [0.3, 0.4) is 0 Å². The van der Waals surface area contributed by atoms with Gasteiger partial charge < -0.3 is 28.9 Å². The molecule has 6 rings (SSSR count). The van der Waals surface area contributed by atoms with E-state index >= 15 is 0 Å². The number of aromatic nitrogens is 1. The largest absolute Gasteiger partial charge is 1.00 e. The highest BCUT2D eigenvalue weighted by Crippen LogP contribution is 2.49. The van der Waals surface area contributed by atoms with Crippen LogP contribution in [-0.2, 0) is 6.54 Å². The van der Waals surface area contributed by atoms with Gasteiger partial charge in [0.2, 0.25) is 5.52 Å². The highest BCUT2D eigenvalue weighted by atomic mass is 127. The summed E-state index contributed by atoms with van der Waals surface area (Å²) in [6.07, 6.45) is 9.00. The van der Waals surface area contributed by atoms with Gasteiger partial charge in [-0.2, -0.15) is 4.57 Å². The Morgan fingerprint density at radius 1 is 0.892 bits per heavy atom. The van der Waals surface area contributed by atoms with Gasteiger partial charge in [0, 0.05) is 22.9 Å². The van der Waals surface area contributed by atoms with E-state index in [1.165, 1.54) is 58.0 Å². The fourth-order valence-electron chi connectivity index (χ4n) is 5.13. The zero-order chi connectivity index (χ0) is 24.6. The van der Waals surface area contributed by atoms with Crippen molar-refractivity contribution in [2.75, 3.05) is 11.4 Å². The number of anilines is 1. The molecule has 2 heterocycles. The first-order chi connectivity index (χ1) is 17.7. The van der Waals surface area contributed by atoms with E-state index in [4.69, 9.17) is 0 Å². The summed E-state index contributed by atoms with van der Waals surface area (Å²) >= 11 is 3.74. The topological polar surface area (TPSA) is 7.12 Å². The van der Waals surface area contributed by atoms with Gasteiger partial charge in [0.25, 0.3) is 5.01 Å². The number of thioether (sulfide) groups is 1. The molecule has 186 valence electrons. The summed E-state index contributed by atoms with van der Waals surface area (Å²) in [6.45, 7) is 8.57. The van der Waals surface area contributed by atoms with Gasteiger partial charge in [0.15, 0.2) is 0 Å². The van der Waals surface area contributed by atoms with Crippen LogP contribution in [0.15, 0.2) is 107 Å². The van der Waals surface area contributed by atoms with Crippen LogP contribution in [0.2, 0.25) is 0 Å². The molecule has 1 aromatic heterocycles. The molecule has 0 bridgehead atoms. The molecule has 0 amide bonds. The molecule has 5 aromatic rings. The molecule has 1 aliphatic heterocycles. The first kappa shape index (κ1) is 26.0. The fourth-order valence-corrected chi connectivity index (χ4v) is 7.54. The number of fused-ring (bicyclic) bond motifs is 6. The van der Waals surface area contributed by atoms with E-state index in [1.54, 1.807) is 0 Å². The maximum Gasteiger partial charge on any atom is 0.262 e. The van der Waals surface area contributed by atoms with E-state index < -0.39 is 0 Å². The average Bonchev–Trinajstić information content (AvgIpc) is 3.45. The molecule has 37 heavy (non-hydrogen) atoms. The second kappa shape index (κ2) is 11.0. The van der Waals surface area contributed by atoms with Crippen molar-refractivity contribution in [3.05, 3.63) is 107 Å². The lowest BCUT2D eigenvalue weighted by atomic mass is 10.1. The summed E-state index contributed by atoms with van der Waals surface area (Å²) in [7, 11) is 0. The SMILES string of the molecule is CCN1/C(=C/C(C)=C/C=C/c2sc3ccc4ccccc4c3[n+]2CC)Sc2ccc3ccccc3c21.[I-]. The first-order valence-corrected chi connectivity index (χ1v) is 14.2. The minimum Gasteiger partial charge on any atom is -1.00 e. The Labute approximate surface area is 244 Å². The number of aryl methyl sites for hydroxylation is 1. The lowest BCUT2D eigenvalue weighted by Crippen LogP contribution is -3.00. The standard InChI is InChI=1S/C32H29N2S2.HI/c1-4-33-29(35-27-19-17-23-12-6-8-14-25(23)31(27)33)16-10-11-22(3)21-30-34(5-2)32-26-15-9-7-13-24(26)18-20-28(32)36-30;/h6-21H,4-5H2,1-3H3;1H/q+1;/p-1. The third-order valence-electron chi connectivity index (χ3n) is 6.81. The van der Waals surface area contributed by atoms with Gasteiger partial charge in [0.05, 0.1) is 16.1 Å². The minimum atomic E-state index is 0. The number of halogens is 1. The first-order valence-electron chi connectivity index (χ1n) is 12.6. The number of allylic oxidation sites excluding steroid dienone is 4. The van der Waals surface area contributed by atoms with Gasteiger partial charge in [-0.3, -0.25) is 0 Å². The summed E-state index contributed by atoms with van der Waals surface area (Å²) in [6, 6.07) is 26.4. The predicted octanol–water partition coefficient (Wildman–Crippen LogP) is 5.95. The van der Waals surface area contributed by atoms with Crippen molar-refractivity contribution in [2.24, 2.45) is 0 Å². The van der Waals surface area contributed by atoms with Crippen molar-refractivity contribution >= 4 is 66.6 Å². The van der Waals surface area contributed by atoms with Crippen LogP contribution >= 0.6 is 23.1 Å². The van der Waals surface area contributed by atoms with Crippen LogP contribution in [0.25, 0.3) is 37.8 Å². The van der Waals surface area contributed by atoms with E-state index in [0.717, 1.165) is 13.1 Å². The molecule has 1 aliphatic rings. The summed E-state index contributed by atoms with van der Waals surface area (Å²) < 4.78 is 3.78. The van der Waals surface area contributed by atoms with E-state index in [-0.39, 0.29) is 24.0 Å². The van der Waals surface area contributed by atoms with Crippen molar-refractivity contribution < 1.29 is 28.5 Å². The zero-order valence-corrected chi connectivity index (χ0v) is 25.0. The van der Waals surface area contributed by atoms with Gasteiger partial charge in [0.1, 0.15) is 11.2 Å². The number of hydrogen-bond donors (Lipinski definition) is 0. The number of hydrogen-bond acceptors (Lipinski definition) is 3. The van der Waals surface area contributed by atoms with Crippen molar-refractivity contribution in [3.8, 4) is 0 Å². The third kappa shape index (κ3) is 4.73. The molecule has 0 N–H and O–H groups in total. The third-order valence-corrected chi connectivity index (χ3v) is 9.02. The van der Waals surface area contributed by atoms with E-state index in [9.17, 15) is 0 Å². The van der Waals surface area contributed by atoms with Crippen LogP contribution in [0, 0.1) is 0 Å². The second-order valence-corrected chi connectivity index (χ2v) is 11.2. The van der Waals surface area contributed by atoms with Crippen LogP contribution < -0.4 is 33.4 Å². The molecule has 2 nitrogen and oxygen atoms in total. The lowest BCUT2D eigenvalue weighted by molar-refractivity contribution is -0.664. The van der Waals surface area contributed by atoms with Gasteiger partial charge in [-0.15, -0.1) is 0 Å². The van der Waals surface area contributed by atoms with Crippen molar-refractivity contribution in [2.45, 2.75) is 32.2 Å². The molecule has 0 fully saturated rings. The maximum absolute atomic E-state index is 2.45. The van der Waals surface area contributed by atoms with Crippen molar-refractivity contribution in [1.82, 2.24) is 0 Å². The highest BCUT2D eigenvalue weighted by Gasteiger charge is 2.26. The number of rotatable bonds is 5. The molecule has 0 aliphatic carbocycles.